The molecule has 1 amide bonds. The Bertz CT molecular complexity index is 779. The third-order valence-corrected chi connectivity index (χ3v) is 5.28. The first-order valence-corrected chi connectivity index (χ1v) is 9.64. The van der Waals surface area contributed by atoms with Crippen molar-refractivity contribution in [2.24, 2.45) is 0 Å². The minimum Gasteiger partial charge on any atom is -0.372 e. The monoisotopic (exact) mass is 366 g/mol. The fraction of sp³-hybridized carbons (Fsp3) is 0.450. The molecule has 4 rings (SSSR count). The molecular weight excluding hydrogens is 340 g/mol. The van der Waals surface area contributed by atoms with Crippen LogP contribution >= 0.6 is 0 Å². The molecule has 0 aliphatic carbocycles. The zero-order valence-corrected chi connectivity index (χ0v) is 15.8. The van der Waals surface area contributed by atoms with Crippen LogP contribution < -0.4 is 15.1 Å². The van der Waals surface area contributed by atoms with Crippen LogP contribution in [0.2, 0.25) is 0 Å². The van der Waals surface area contributed by atoms with Gasteiger partial charge in [-0.25, -0.2) is 4.98 Å². The number of nitrogens with zero attached hydrogens (tertiary/aromatic N) is 5. The molecule has 7 heteroatoms. The summed E-state index contributed by atoms with van der Waals surface area (Å²) in [4.78, 5) is 27.0. The summed E-state index contributed by atoms with van der Waals surface area (Å²) in [6.07, 6.45) is 4.34. The van der Waals surface area contributed by atoms with E-state index in [1.165, 1.54) is 18.5 Å². The third-order valence-electron chi connectivity index (χ3n) is 5.28. The highest BCUT2D eigenvalue weighted by Gasteiger charge is 2.20. The second-order valence-corrected chi connectivity index (χ2v) is 7.10. The number of piperazine rings is 1. The Kier molecular flexibility index (Phi) is 5.09. The van der Waals surface area contributed by atoms with Gasteiger partial charge in [0.1, 0.15) is 5.82 Å². The summed E-state index contributed by atoms with van der Waals surface area (Å²) in [7, 11) is 0. The number of hydrogen-bond acceptors (Lipinski definition) is 6. The zero-order chi connectivity index (χ0) is 18.6. The van der Waals surface area contributed by atoms with E-state index in [9.17, 15) is 4.79 Å². The van der Waals surface area contributed by atoms with Crippen LogP contribution in [0.4, 0.5) is 23.1 Å². The molecule has 0 saturated carbocycles. The molecule has 0 radical (unpaired) electrons. The Hall–Kier alpha value is -2.83. The Morgan fingerprint density at radius 1 is 0.926 bits per heavy atom. The van der Waals surface area contributed by atoms with E-state index in [4.69, 9.17) is 0 Å². The molecule has 0 unspecified atom stereocenters. The van der Waals surface area contributed by atoms with Gasteiger partial charge in [-0.05, 0) is 43.2 Å². The molecule has 1 aromatic carbocycles. The number of anilines is 4. The molecule has 0 atom stereocenters. The van der Waals surface area contributed by atoms with Gasteiger partial charge in [0.2, 0.25) is 11.9 Å². The Morgan fingerprint density at radius 3 is 2.30 bits per heavy atom. The highest BCUT2D eigenvalue weighted by Crippen LogP contribution is 2.23. The van der Waals surface area contributed by atoms with Crippen molar-refractivity contribution < 1.29 is 4.79 Å². The third kappa shape index (κ3) is 4.13. The fourth-order valence-electron chi connectivity index (χ4n) is 3.70. The van der Waals surface area contributed by atoms with Crippen LogP contribution in [0.15, 0.2) is 36.5 Å². The number of carbonyl (C=O) groups excluding carboxylic acids is 1. The molecule has 0 spiro atoms. The van der Waals surface area contributed by atoms with Crippen LogP contribution in [0.1, 0.15) is 19.8 Å². The molecule has 27 heavy (non-hydrogen) atoms. The van der Waals surface area contributed by atoms with Crippen LogP contribution in [0.3, 0.4) is 0 Å². The Balaban J connectivity index is 1.40. The van der Waals surface area contributed by atoms with Crippen molar-refractivity contribution in [3.05, 3.63) is 36.5 Å². The maximum Gasteiger partial charge on any atom is 0.229 e. The number of benzene rings is 1. The first-order valence-electron chi connectivity index (χ1n) is 9.64. The van der Waals surface area contributed by atoms with Crippen LogP contribution in [-0.2, 0) is 4.79 Å². The highest BCUT2D eigenvalue weighted by molar-refractivity contribution is 5.73. The lowest BCUT2D eigenvalue weighted by atomic mass is 10.2. The van der Waals surface area contributed by atoms with E-state index in [0.717, 1.165) is 50.8 Å². The van der Waals surface area contributed by atoms with E-state index in [0.29, 0.717) is 5.95 Å². The number of rotatable bonds is 4. The summed E-state index contributed by atoms with van der Waals surface area (Å²) in [6.45, 7) is 6.97. The van der Waals surface area contributed by atoms with Crippen LogP contribution in [-0.4, -0.2) is 60.0 Å². The molecule has 2 aromatic rings. The van der Waals surface area contributed by atoms with Gasteiger partial charge in [0, 0.05) is 63.8 Å². The normalized spacial score (nSPS) is 17.3. The summed E-state index contributed by atoms with van der Waals surface area (Å²) in [5.74, 6) is 1.62. The van der Waals surface area contributed by atoms with E-state index in [1.807, 2.05) is 11.0 Å². The van der Waals surface area contributed by atoms with Gasteiger partial charge in [-0.2, -0.15) is 4.98 Å². The van der Waals surface area contributed by atoms with Crippen LogP contribution in [0.5, 0.6) is 0 Å². The highest BCUT2D eigenvalue weighted by atomic mass is 16.2. The van der Waals surface area contributed by atoms with Gasteiger partial charge in [-0.15, -0.1) is 0 Å². The largest absolute Gasteiger partial charge is 0.372 e. The summed E-state index contributed by atoms with van der Waals surface area (Å²) in [6, 6.07) is 10.4. The summed E-state index contributed by atoms with van der Waals surface area (Å²) < 4.78 is 0. The average Bonchev–Trinajstić information content (AvgIpc) is 3.24. The van der Waals surface area contributed by atoms with E-state index >= 15 is 0 Å². The second kappa shape index (κ2) is 7.82. The van der Waals surface area contributed by atoms with Crippen LogP contribution in [0.25, 0.3) is 0 Å². The van der Waals surface area contributed by atoms with Crippen molar-refractivity contribution in [1.82, 2.24) is 14.9 Å². The maximum atomic E-state index is 11.5. The maximum absolute atomic E-state index is 11.5. The molecule has 2 fully saturated rings. The van der Waals surface area contributed by atoms with E-state index in [1.54, 1.807) is 13.1 Å². The van der Waals surface area contributed by atoms with Gasteiger partial charge < -0.3 is 20.0 Å². The minimum atomic E-state index is 0.136. The number of amides is 1. The molecule has 7 nitrogen and oxygen atoms in total. The van der Waals surface area contributed by atoms with Crippen molar-refractivity contribution in [3.63, 3.8) is 0 Å². The smallest absolute Gasteiger partial charge is 0.229 e. The number of nitrogens with one attached hydrogen (secondary N) is 1. The topological polar surface area (TPSA) is 64.6 Å². The summed E-state index contributed by atoms with van der Waals surface area (Å²) in [5.41, 5.74) is 2.26. The first-order chi connectivity index (χ1) is 13.2. The van der Waals surface area contributed by atoms with Gasteiger partial charge in [-0.3, -0.25) is 4.79 Å². The quantitative estimate of drug-likeness (QED) is 0.897. The van der Waals surface area contributed by atoms with Gasteiger partial charge in [-0.1, -0.05) is 0 Å². The van der Waals surface area contributed by atoms with E-state index in [-0.39, 0.29) is 5.91 Å². The van der Waals surface area contributed by atoms with Crippen molar-refractivity contribution in [2.45, 2.75) is 19.8 Å². The predicted molar refractivity (Wildman–Crippen MR) is 108 cm³/mol. The van der Waals surface area contributed by atoms with Gasteiger partial charge >= 0.3 is 0 Å². The summed E-state index contributed by atoms with van der Waals surface area (Å²) in [5, 5.41) is 3.30. The molecule has 142 valence electrons. The number of hydrogen-bond donors (Lipinski definition) is 1. The molecule has 1 N–H and O–H groups in total. The number of carbonyl (C=O) groups is 1. The molecule has 2 aliphatic heterocycles. The lowest BCUT2D eigenvalue weighted by Crippen LogP contribution is -2.48. The Morgan fingerprint density at radius 2 is 1.63 bits per heavy atom. The lowest BCUT2D eigenvalue weighted by molar-refractivity contribution is -0.129. The number of aromatic nitrogens is 2. The predicted octanol–water partition coefficient (Wildman–Crippen LogP) is 2.49. The molecule has 3 heterocycles. The standard InChI is InChI=1S/C20H26N6O/c1-16(27)24-12-14-26(15-13-24)19-8-9-21-20(23-19)22-17-4-6-18(7-5-17)25-10-2-3-11-25/h4-9H,2-3,10-15H2,1H3,(H,21,22,23). The van der Waals surface area contributed by atoms with E-state index < -0.39 is 0 Å². The average molecular weight is 366 g/mol. The molecule has 2 saturated heterocycles. The van der Waals surface area contributed by atoms with Gasteiger partial charge in [0.05, 0.1) is 0 Å². The van der Waals surface area contributed by atoms with Gasteiger partial charge in [0.25, 0.3) is 0 Å². The fourth-order valence-corrected chi connectivity index (χ4v) is 3.70. The second-order valence-electron chi connectivity index (χ2n) is 7.10. The molecule has 1 aromatic heterocycles. The SMILES string of the molecule is CC(=O)N1CCN(c2ccnc(Nc3ccc(N4CCCC4)cc3)n2)CC1. The van der Waals surface area contributed by atoms with Gasteiger partial charge in [0.15, 0.2) is 0 Å². The van der Waals surface area contributed by atoms with Crippen molar-refractivity contribution in [3.8, 4) is 0 Å². The zero-order valence-electron chi connectivity index (χ0n) is 15.8. The Labute approximate surface area is 160 Å². The first kappa shape index (κ1) is 17.6. The lowest BCUT2D eigenvalue weighted by Gasteiger charge is -2.34. The molecule has 2 aliphatic rings. The van der Waals surface area contributed by atoms with E-state index in [2.05, 4.69) is 49.4 Å². The summed E-state index contributed by atoms with van der Waals surface area (Å²) >= 11 is 0. The van der Waals surface area contributed by atoms with Crippen molar-refractivity contribution in [1.29, 1.82) is 0 Å². The van der Waals surface area contributed by atoms with Crippen LogP contribution in [0, 0.1) is 0 Å². The molecule has 0 bridgehead atoms. The minimum absolute atomic E-state index is 0.136. The molecular formula is C20H26N6O. The van der Waals surface area contributed by atoms with Crippen molar-refractivity contribution in [2.75, 3.05) is 54.4 Å². The van der Waals surface area contributed by atoms with Crippen molar-refractivity contribution >= 4 is 29.0 Å².